The molecule has 1 N–H and O–H groups in total. The number of rotatable bonds is 6. The number of para-hydroxylation sites is 2. The van der Waals surface area contributed by atoms with Crippen LogP contribution >= 0.6 is 0 Å². The van der Waals surface area contributed by atoms with Crippen LogP contribution in [0.5, 0.6) is 5.75 Å². The number of benzene rings is 3. The second-order valence-corrected chi connectivity index (χ2v) is 7.82. The SMILES string of the molecule is O=C(NC1N=C(c2ccccc2)c2ccccc2N(CCCC(F)(F)F)C1=O)Oc1ccccc1. The molecular weight excluding hydrogens is 459 g/mol. The summed E-state index contributed by atoms with van der Waals surface area (Å²) in [6.07, 6.45) is -8.01. The Balaban J connectivity index is 1.70. The number of fused-ring (bicyclic) bond motifs is 1. The second kappa shape index (κ2) is 10.4. The van der Waals surface area contributed by atoms with Crippen molar-refractivity contribution in [3.05, 3.63) is 96.1 Å². The van der Waals surface area contributed by atoms with Crippen molar-refractivity contribution >= 4 is 23.4 Å². The molecule has 1 aliphatic heterocycles. The van der Waals surface area contributed by atoms with Crippen molar-refractivity contribution in [3.63, 3.8) is 0 Å². The lowest BCUT2D eigenvalue weighted by Gasteiger charge is -2.25. The molecule has 0 saturated heterocycles. The monoisotopic (exact) mass is 481 g/mol. The largest absolute Gasteiger partial charge is 0.414 e. The van der Waals surface area contributed by atoms with Crippen molar-refractivity contribution in [2.45, 2.75) is 25.2 Å². The highest BCUT2D eigenvalue weighted by atomic mass is 19.4. The quantitative estimate of drug-likeness (QED) is 0.518. The Morgan fingerprint density at radius 2 is 1.57 bits per heavy atom. The number of alkyl halides is 3. The fraction of sp³-hybridized carbons (Fsp3) is 0.192. The van der Waals surface area contributed by atoms with Gasteiger partial charge in [0.1, 0.15) is 5.75 Å². The minimum atomic E-state index is -4.35. The number of hydrogen-bond acceptors (Lipinski definition) is 4. The number of carbonyl (C=O) groups is 2. The molecule has 1 unspecified atom stereocenters. The Bertz CT molecular complexity index is 1210. The molecular formula is C26H22F3N3O3. The zero-order chi connectivity index (χ0) is 24.8. The summed E-state index contributed by atoms with van der Waals surface area (Å²) in [5.41, 5.74) is 2.11. The molecule has 1 heterocycles. The van der Waals surface area contributed by atoms with Gasteiger partial charge in [-0.2, -0.15) is 13.2 Å². The summed E-state index contributed by atoms with van der Waals surface area (Å²) in [6, 6.07) is 24.2. The second-order valence-electron chi connectivity index (χ2n) is 7.82. The van der Waals surface area contributed by atoms with Gasteiger partial charge in [0.15, 0.2) is 0 Å². The molecule has 0 aromatic heterocycles. The molecule has 9 heteroatoms. The van der Waals surface area contributed by atoms with Crippen LogP contribution in [0, 0.1) is 0 Å². The van der Waals surface area contributed by atoms with E-state index in [1.807, 2.05) is 6.07 Å². The normalized spacial score (nSPS) is 15.6. The van der Waals surface area contributed by atoms with E-state index in [2.05, 4.69) is 10.3 Å². The molecule has 0 fully saturated rings. The van der Waals surface area contributed by atoms with Crippen LogP contribution in [0.4, 0.5) is 23.7 Å². The highest BCUT2D eigenvalue weighted by molar-refractivity contribution is 6.20. The number of aliphatic imine (C=N–C) groups is 1. The maximum Gasteiger partial charge on any atom is 0.414 e. The molecule has 1 atom stereocenters. The van der Waals surface area contributed by atoms with Crippen LogP contribution in [0.25, 0.3) is 0 Å². The molecule has 2 amide bonds. The fourth-order valence-corrected chi connectivity index (χ4v) is 3.75. The van der Waals surface area contributed by atoms with E-state index < -0.39 is 30.8 Å². The van der Waals surface area contributed by atoms with Gasteiger partial charge in [0.25, 0.3) is 5.91 Å². The van der Waals surface area contributed by atoms with Gasteiger partial charge >= 0.3 is 12.3 Å². The summed E-state index contributed by atoms with van der Waals surface area (Å²) in [5.74, 6) is -0.390. The van der Waals surface area contributed by atoms with Gasteiger partial charge in [0.05, 0.1) is 11.4 Å². The maximum atomic E-state index is 13.5. The zero-order valence-electron chi connectivity index (χ0n) is 18.5. The molecule has 4 rings (SSSR count). The maximum absolute atomic E-state index is 13.5. The van der Waals surface area contributed by atoms with Crippen molar-refractivity contribution in [3.8, 4) is 5.75 Å². The van der Waals surface area contributed by atoms with Gasteiger partial charge in [-0.05, 0) is 24.6 Å². The lowest BCUT2D eigenvalue weighted by atomic mass is 10.00. The minimum absolute atomic E-state index is 0.196. The number of nitrogens with one attached hydrogen (secondary N) is 1. The smallest absolute Gasteiger partial charge is 0.410 e. The first-order valence-electron chi connectivity index (χ1n) is 11.0. The molecule has 0 bridgehead atoms. The molecule has 180 valence electrons. The van der Waals surface area contributed by atoms with Crippen LogP contribution in [-0.4, -0.2) is 36.6 Å². The van der Waals surface area contributed by atoms with Gasteiger partial charge < -0.3 is 9.64 Å². The first-order valence-corrected chi connectivity index (χ1v) is 11.0. The lowest BCUT2D eigenvalue weighted by molar-refractivity contribution is -0.135. The predicted molar refractivity (Wildman–Crippen MR) is 126 cm³/mol. The van der Waals surface area contributed by atoms with E-state index in [0.29, 0.717) is 22.5 Å². The van der Waals surface area contributed by atoms with Gasteiger partial charge in [-0.1, -0.05) is 66.7 Å². The van der Waals surface area contributed by atoms with Crippen LogP contribution in [0.1, 0.15) is 24.0 Å². The first kappa shape index (κ1) is 24.0. The van der Waals surface area contributed by atoms with Crippen molar-refractivity contribution in [2.24, 2.45) is 4.99 Å². The Morgan fingerprint density at radius 3 is 2.26 bits per heavy atom. The topological polar surface area (TPSA) is 71.0 Å². The van der Waals surface area contributed by atoms with E-state index in [0.717, 1.165) is 0 Å². The number of amides is 2. The number of benzodiazepines with no additional fused rings is 1. The van der Waals surface area contributed by atoms with Crippen molar-refractivity contribution in [2.75, 3.05) is 11.4 Å². The summed E-state index contributed by atoms with van der Waals surface area (Å²) in [6.45, 7) is -0.196. The molecule has 0 aliphatic carbocycles. The first-order chi connectivity index (χ1) is 16.8. The summed E-state index contributed by atoms with van der Waals surface area (Å²) in [5, 5.41) is 2.47. The summed E-state index contributed by atoms with van der Waals surface area (Å²) >= 11 is 0. The Hall–Kier alpha value is -4.14. The van der Waals surface area contributed by atoms with E-state index in [4.69, 9.17) is 4.74 Å². The Labute approximate surface area is 200 Å². The summed E-state index contributed by atoms with van der Waals surface area (Å²) < 4.78 is 43.7. The van der Waals surface area contributed by atoms with Crippen molar-refractivity contribution in [1.29, 1.82) is 0 Å². The minimum Gasteiger partial charge on any atom is -0.410 e. The van der Waals surface area contributed by atoms with E-state index in [1.54, 1.807) is 78.9 Å². The highest BCUT2D eigenvalue weighted by Gasteiger charge is 2.34. The summed E-state index contributed by atoms with van der Waals surface area (Å²) in [7, 11) is 0. The van der Waals surface area contributed by atoms with Crippen LogP contribution in [0.3, 0.4) is 0 Å². The molecule has 1 aliphatic rings. The molecule has 3 aromatic rings. The van der Waals surface area contributed by atoms with Crippen LogP contribution in [-0.2, 0) is 4.79 Å². The summed E-state index contributed by atoms with van der Waals surface area (Å²) in [4.78, 5) is 31.9. The number of carbonyl (C=O) groups excluding carboxylic acids is 2. The lowest BCUT2D eigenvalue weighted by Crippen LogP contribution is -2.48. The van der Waals surface area contributed by atoms with Crippen LogP contribution in [0.2, 0.25) is 0 Å². The molecule has 0 spiro atoms. The van der Waals surface area contributed by atoms with Gasteiger partial charge in [-0.15, -0.1) is 0 Å². The van der Waals surface area contributed by atoms with Gasteiger partial charge in [0, 0.05) is 24.1 Å². The van der Waals surface area contributed by atoms with E-state index in [9.17, 15) is 22.8 Å². The van der Waals surface area contributed by atoms with E-state index in [-0.39, 0.29) is 18.7 Å². The standard InChI is InChI=1S/C26H22F3N3O3/c27-26(28,29)16-9-17-32-21-15-8-7-14-20(21)22(18-10-3-1-4-11-18)30-23(24(32)33)31-25(34)35-19-12-5-2-6-13-19/h1-8,10-15,23H,9,16-17H2,(H,31,34). The third kappa shape index (κ3) is 6.06. The average molecular weight is 481 g/mol. The zero-order valence-corrected chi connectivity index (χ0v) is 18.5. The number of hydrogen-bond donors (Lipinski definition) is 1. The van der Waals surface area contributed by atoms with Crippen LogP contribution < -0.4 is 15.0 Å². The highest BCUT2D eigenvalue weighted by Crippen LogP contribution is 2.30. The van der Waals surface area contributed by atoms with Gasteiger partial charge in [-0.25, -0.2) is 9.79 Å². The average Bonchev–Trinajstić information content (AvgIpc) is 2.95. The van der Waals surface area contributed by atoms with Gasteiger partial charge in [-0.3, -0.25) is 10.1 Å². The third-order valence-corrected chi connectivity index (χ3v) is 5.31. The predicted octanol–water partition coefficient (Wildman–Crippen LogP) is 5.33. The number of ether oxygens (including phenoxy) is 1. The van der Waals surface area contributed by atoms with E-state index in [1.165, 1.54) is 4.90 Å². The molecule has 6 nitrogen and oxygen atoms in total. The molecule has 3 aromatic carbocycles. The molecule has 0 radical (unpaired) electrons. The van der Waals surface area contributed by atoms with Crippen molar-refractivity contribution < 1.29 is 27.5 Å². The molecule has 35 heavy (non-hydrogen) atoms. The Morgan fingerprint density at radius 1 is 0.943 bits per heavy atom. The Kier molecular flexibility index (Phi) is 7.14. The number of anilines is 1. The van der Waals surface area contributed by atoms with Crippen LogP contribution in [0.15, 0.2) is 89.9 Å². The molecule has 0 saturated carbocycles. The van der Waals surface area contributed by atoms with Crippen molar-refractivity contribution in [1.82, 2.24) is 5.32 Å². The van der Waals surface area contributed by atoms with E-state index >= 15 is 0 Å². The fourth-order valence-electron chi connectivity index (χ4n) is 3.75. The number of nitrogens with zero attached hydrogens (tertiary/aromatic N) is 2. The van der Waals surface area contributed by atoms with Gasteiger partial charge in [0.2, 0.25) is 6.17 Å². The number of halogens is 3. The third-order valence-electron chi connectivity index (χ3n) is 5.31.